The molecular formula is C12H15ClN2O3. The Morgan fingerprint density at radius 3 is 2.78 bits per heavy atom. The summed E-state index contributed by atoms with van der Waals surface area (Å²) < 4.78 is 5.46. The Kier molecular flexibility index (Phi) is 3.23. The van der Waals surface area contributed by atoms with E-state index in [2.05, 4.69) is 5.32 Å². The summed E-state index contributed by atoms with van der Waals surface area (Å²) in [7, 11) is 0. The molecule has 6 heteroatoms. The number of benzene rings is 1. The van der Waals surface area contributed by atoms with Crippen molar-refractivity contribution in [2.24, 2.45) is 0 Å². The minimum Gasteiger partial charge on any atom is -0.479 e. The predicted molar refractivity (Wildman–Crippen MR) is 68.3 cm³/mol. The van der Waals surface area contributed by atoms with Gasteiger partial charge in [-0.3, -0.25) is 5.32 Å². The zero-order chi connectivity index (χ0) is 13.5. The standard InChI is InChI=1S/C12H15ClN2O3/c1-12(2)15-9(10(18-12)11(16)17)6-3-4-7(13)8(14)5-6/h3-5,9-10,15H,14H2,1-2H3,(H,16,17). The van der Waals surface area contributed by atoms with Crippen LogP contribution in [0.15, 0.2) is 18.2 Å². The molecule has 0 spiro atoms. The van der Waals surface area contributed by atoms with Gasteiger partial charge in [-0.1, -0.05) is 17.7 Å². The zero-order valence-electron chi connectivity index (χ0n) is 10.1. The van der Waals surface area contributed by atoms with Gasteiger partial charge in [-0.2, -0.15) is 0 Å². The van der Waals surface area contributed by atoms with Crippen molar-refractivity contribution in [3.63, 3.8) is 0 Å². The predicted octanol–water partition coefficient (Wildman–Crippen LogP) is 1.77. The molecule has 1 fully saturated rings. The van der Waals surface area contributed by atoms with Gasteiger partial charge in [-0.05, 0) is 31.5 Å². The molecule has 1 aromatic rings. The maximum absolute atomic E-state index is 11.2. The summed E-state index contributed by atoms with van der Waals surface area (Å²) in [6.07, 6.45) is -0.944. The summed E-state index contributed by atoms with van der Waals surface area (Å²) in [4.78, 5) is 11.2. The van der Waals surface area contributed by atoms with E-state index in [1.54, 1.807) is 32.0 Å². The van der Waals surface area contributed by atoms with Gasteiger partial charge in [0.15, 0.2) is 6.10 Å². The van der Waals surface area contributed by atoms with Crippen molar-refractivity contribution >= 4 is 23.3 Å². The van der Waals surface area contributed by atoms with Crippen LogP contribution in [-0.4, -0.2) is 22.9 Å². The number of ether oxygens (including phenoxy) is 1. The lowest BCUT2D eigenvalue weighted by molar-refractivity contribution is -0.153. The van der Waals surface area contributed by atoms with Gasteiger partial charge in [0, 0.05) is 0 Å². The number of rotatable bonds is 2. The lowest BCUT2D eigenvalue weighted by Crippen LogP contribution is -2.34. The van der Waals surface area contributed by atoms with Gasteiger partial charge < -0.3 is 15.6 Å². The molecule has 1 aliphatic heterocycles. The summed E-state index contributed by atoms with van der Waals surface area (Å²) in [5, 5.41) is 12.7. The largest absolute Gasteiger partial charge is 0.479 e. The third kappa shape index (κ3) is 2.43. The van der Waals surface area contributed by atoms with Crippen LogP contribution in [0.2, 0.25) is 5.02 Å². The minimum atomic E-state index is -1.01. The number of nitrogen functional groups attached to an aromatic ring is 1. The smallest absolute Gasteiger partial charge is 0.334 e. The highest BCUT2D eigenvalue weighted by molar-refractivity contribution is 6.33. The maximum atomic E-state index is 11.2. The first-order chi connectivity index (χ1) is 8.30. The number of carboxylic acids is 1. The molecule has 1 heterocycles. The van der Waals surface area contributed by atoms with Gasteiger partial charge in [0.25, 0.3) is 0 Å². The Balaban J connectivity index is 2.36. The van der Waals surface area contributed by atoms with Crippen LogP contribution in [0.1, 0.15) is 25.5 Å². The molecule has 5 nitrogen and oxygen atoms in total. The van der Waals surface area contributed by atoms with E-state index in [-0.39, 0.29) is 0 Å². The molecule has 0 aromatic heterocycles. The van der Waals surface area contributed by atoms with E-state index in [9.17, 15) is 9.90 Å². The third-order valence-electron chi connectivity index (χ3n) is 2.85. The highest BCUT2D eigenvalue weighted by Gasteiger charge is 2.44. The summed E-state index contributed by atoms with van der Waals surface area (Å²) >= 11 is 5.85. The average Bonchev–Trinajstić information content (AvgIpc) is 2.59. The van der Waals surface area contributed by atoms with E-state index in [4.69, 9.17) is 22.1 Å². The number of nitrogens with one attached hydrogen (secondary N) is 1. The maximum Gasteiger partial charge on any atom is 0.334 e. The molecule has 1 saturated heterocycles. The second-order valence-corrected chi connectivity index (χ2v) is 5.20. The monoisotopic (exact) mass is 270 g/mol. The molecule has 2 unspecified atom stereocenters. The van der Waals surface area contributed by atoms with E-state index in [0.29, 0.717) is 10.7 Å². The first-order valence-corrected chi connectivity index (χ1v) is 5.91. The van der Waals surface area contributed by atoms with Crippen molar-refractivity contribution in [2.75, 3.05) is 5.73 Å². The van der Waals surface area contributed by atoms with E-state index in [1.165, 1.54) is 0 Å². The number of carbonyl (C=O) groups is 1. The highest BCUT2D eigenvalue weighted by atomic mass is 35.5. The third-order valence-corrected chi connectivity index (χ3v) is 3.19. The quantitative estimate of drug-likeness (QED) is 0.713. The van der Waals surface area contributed by atoms with Gasteiger partial charge >= 0.3 is 5.97 Å². The lowest BCUT2D eigenvalue weighted by Gasteiger charge is -2.18. The fourth-order valence-corrected chi connectivity index (χ4v) is 2.19. The normalized spacial score (nSPS) is 26.2. The molecule has 0 aliphatic carbocycles. The molecule has 1 aliphatic rings. The molecule has 2 rings (SSSR count). The number of anilines is 1. The number of nitrogens with two attached hydrogens (primary N) is 1. The van der Waals surface area contributed by atoms with E-state index in [1.807, 2.05) is 0 Å². The van der Waals surface area contributed by atoms with Gasteiger partial charge in [0.2, 0.25) is 0 Å². The highest BCUT2D eigenvalue weighted by Crippen LogP contribution is 2.34. The van der Waals surface area contributed by atoms with Crippen LogP contribution in [0.3, 0.4) is 0 Å². The molecule has 0 bridgehead atoms. The van der Waals surface area contributed by atoms with Crippen LogP contribution >= 0.6 is 11.6 Å². The Morgan fingerprint density at radius 2 is 2.22 bits per heavy atom. The Bertz CT molecular complexity index is 490. The van der Waals surface area contributed by atoms with Crippen LogP contribution in [0, 0.1) is 0 Å². The summed E-state index contributed by atoms with van der Waals surface area (Å²) in [6, 6.07) is 4.62. The van der Waals surface area contributed by atoms with Crippen LogP contribution in [0.25, 0.3) is 0 Å². The van der Waals surface area contributed by atoms with Gasteiger partial charge in [-0.15, -0.1) is 0 Å². The van der Waals surface area contributed by atoms with Crippen LogP contribution in [0.5, 0.6) is 0 Å². The van der Waals surface area contributed by atoms with E-state index in [0.717, 1.165) is 5.56 Å². The molecule has 0 radical (unpaired) electrons. The molecule has 2 atom stereocenters. The zero-order valence-corrected chi connectivity index (χ0v) is 10.9. The first-order valence-electron chi connectivity index (χ1n) is 5.53. The second kappa shape index (κ2) is 4.42. The fourth-order valence-electron chi connectivity index (χ4n) is 2.08. The number of halogens is 1. The van der Waals surface area contributed by atoms with Crippen molar-refractivity contribution in [1.82, 2.24) is 5.32 Å². The molecule has 1 aromatic carbocycles. The number of carboxylic acid groups (broad SMARTS) is 1. The van der Waals surface area contributed by atoms with Crippen molar-refractivity contribution in [2.45, 2.75) is 31.7 Å². The molecule has 4 N–H and O–H groups in total. The van der Waals surface area contributed by atoms with Crippen LogP contribution < -0.4 is 11.1 Å². The molecular weight excluding hydrogens is 256 g/mol. The van der Waals surface area contributed by atoms with Gasteiger partial charge in [0.1, 0.15) is 5.72 Å². The Morgan fingerprint density at radius 1 is 1.56 bits per heavy atom. The van der Waals surface area contributed by atoms with Crippen molar-refractivity contribution in [1.29, 1.82) is 0 Å². The van der Waals surface area contributed by atoms with Crippen molar-refractivity contribution in [3.05, 3.63) is 28.8 Å². The minimum absolute atomic E-state index is 0.421. The van der Waals surface area contributed by atoms with Gasteiger partial charge in [-0.25, -0.2) is 4.79 Å². The average molecular weight is 271 g/mol. The van der Waals surface area contributed by atoms with Gasteiger partial charge in [0.05, 0.1) is 16.8 Å². The summed E-state index contributed by atoms with van der Waals surface area (Å²) in [5.74, 6) is -1.01. The number of hydrogen-bond donors (Lipinski definition) is 3. The van der Waals surface area contributed by atoms with E-state index < -0.39 is 23.8 Å². The Hall–Kier alpha value is -1.30. The second-order valence-electron chi connectivity index (χ2n) is 4.79. The molecule has 0 amide bonds. The number of aliphatic carboxylic acids is 1. The molecule has 0 saturated carbocycles. The Labute approximate surface area is 110 Å². The molecule has 18 heavy (non-hydrogen) atoms. The van der Waals surface area contributed by atoms with Crippen molar-refractivity contribution < 1.29 is 14.6 Å². The molecule has 98 valence electrons. The van der Waals surface area contributed by atoms with Crippen LogP contribution in [0.4, 0.5) is 5.69 Å². The fraction of sp³-hybridized carbons (Fsp3) is 0.417. The SMILES string of the molecule is CC1(C)NC(c2ccc(Cl)c(N)c2)C(C(=O)O)O1. The summed E-state index contributed by atoms with van der Waals surface area (Å²) in [6.45, 7) is 3.56. The first kappa shape index (κ1) is 13.1. The topological polar surface area (TPSA) is 84.6 Å². The van der Waals surface area contributed by atoms with E-state index >= 15 is 0 Å². The lowest BCUT2D eigenvalue weighted by atomic mass is 10.0. The number of hydrogen-bond acceptors (Lipinski definition) is 4. The van der Waals surface area contributed by atoms with Crippen molar-refractivity contribution in [3.8, 4) is 0 Å². The summed E-state index contributed by atoms with van der Waals surface area (Å²) in [5.41, 5.74) is 6.20. The van der Waals surface area contributed by atoms with Crippen LogP contribution in [-0.2, 0) is 9.53 Å².